The number of amides is 1. The van der Waals surface area contributed by atoms with Gasteiger partial charge in [-0.3, -0.25) is 4.79 Å². The first kappa shape index (κ1) is 15.0. The van der Waals surface area contributed by atoms with Crippen LogP contribution in [0.4, 0.5) is 0 Å². The zero-order valence-electron chi connectivity index (χ0n) is 13.1. The Hall–Kier alpha value is -1.35. The van der Waals surface area contributed by atoms with Crippen molar-refractivity contribution in [2.75, 3.05) is 20.1 Å². The predicted molar refractivity (Wildman–Crippen MR) is 83.1 cm³/mol. The maximum atomic E-state index is 12.6. The fourth-order valence-corrected chi connectivity index (χ4v) is 2.83. The highest BCUT2D eigenvalue weighted by Crippen LogP contribution is 2.24. The number of carbonyl (C=O) groups is 1. The standard InChI is InChI=1S/C17H26N2O/c1-17(2,3)14-9-7-13(8-10-14)16(20)19-11-5-6-15(19)12-18-4/h7-10,15,18H,5-6,11-12H2,1-4H3. The van der Waals surface area contributed by atoms with E-state index in [1.54, 1.807) is 0 Å². The van der Waals surface area contributed by atoms with Crippen LogP contribution in [0.25, 0.3) is 0 Å². The first-order chi connectivity index (χ1) is 9.43. The van der Waals surface area contributed by atoms with Gasteiger partial charge in [-0.25, -0.2) is 0 Å². The molecule has 0 saturated carbocycles. The van der Waals surface area contributed by atoms with E-state index in [4.69, 9.17) is 0 Å². The Morgan fingerprint density at radius 3 is 2.50 bits per heavy atom. The molecule has 3 heteroatoms. The molecule has 1 amide bonds. The van der Waals surface area contributed by atoms with Gasteiger partial charge in [0.15, 0.2) is 0 Å². The highest BCUT2D eigenvalue weighted by atomic mass is 16.2. The van der Waals surface area contributed by atoms with Gasteiger partial charge < -0.3 is 10.2 Å². The van der Waals surface area contributed by atoms with Crippen molar-refractivity contribution in [3.63, 3.8) is 0 Å². The first-order valence-corrected chi connectivity index (χ1v) is 7.49. The van der Waals surface area contributed by atoms with Crippen molar-refractivity contribution >= 4 is 5.91 Å². The average Bonchev–Trinajstić information content (AvgIpc) is 2.86. The van der Waals surface area contributed by atoms with E-state index in [0.29, 0.717) is 6.04 Å². The molecule has 3 nitrogen and oxygen atoms in total. The van der Waals surface area contributed by atoms with Gasteiger partial charge in [0.1, 0.15) is 0 Å². The summed E-state index contributed by atoms with van der Waals surface area (Å²) in [5, 5.41) is 3.18. The zero-order valence-corrected chi connectivity index (χ0v) is 13.1. The van der Waals surface area contributed by atoms with E-state index in [1.807, 2.05) is 24.1 Å². The molecule has 1 fully saturated rings. The van der Waals surface area contributed by atoms with Gasteiger partial charge in [0.25, 0.3) is 5.91 Å². The van der Waals surface area contributed by atoms with Gasteiger partial charge in [-0.2, -0.15) is 0 Å². The maximum Gasteiger partial charge on any atom is 0.254 e. The van der Waals surface area contributed by atoms with E-state index in [2.05, 4.69) is 38.2 Å². The minimum atomic E-state index is 0.129. The molecule has 2 rings (SSSR count). The third-order valence-corrected chi connectivity index (χ3v) is 4.08. The minimum Gasteiger partial charge on any atom is -0.334 e. The third-order valence-electron chi connectivity index (χ3n) is 4.08. The Morgan fingerprint density at radius 1 is 1.30 bits per heavy atom. The van der Waals surface area contributed by atoms with Gasteiger partial charge in [0.05, 0.1) is 0 Å². The number of hydrogen-bond acceptors (Lipinski definition) is 2. The molecule has 1 heterocycles. The molecular weight excluding hydrogens is 248 g/mol. The molecule has 0 spiro atoms. The fraction of sp³-hybridized carbons (Fsp3) is 0.588. The monoisotopic (exact) mass is 274 g/mol. The van der Waals surface area contributed by atoms with Crippen molar-refractivity contribution in [3.05, 3.63) is 35.4 Å². The Labute approximate surface area is 122 Å². The Morgan fingerprint density at radius 2 is 1.95 bits per heavy atom. The molecule has 1 unspecified atom stereocenters. The van der Waals surface area contributed by atoms with Crippen LogP contribution in [-0.4, -0.2) is 37.0 Å². The Bertz CT molecular complexity index is 459. The number of likely N-dealkylation sites (N-methyl/N-ethyl adjacent to an activating group) is 1. The number of hydrogen-bond donors (Lipinski definition) is 1. The van der Waals surface area contributed by atoms with Gasteiger partial charge in [-0.15, -0.1) is 0 Å². The number of nitrogens with one attached hydrogen (secondary N) is 1. The minimum absolute atomic E-state index is 0.129. The molecule has 0 aromatic heterocycles. The predicted octanol–water partition coefficient (Wildman–Crippen LogP) is 2.81. The zero-order chi connectivity index (χ0) is 14.8. The lowest BCUT2D eigenvalue weighted by Crippen LogP contribution is -2.40. The smallest absolute Gasteiger partial charge is 0.254 e. The summed E-state index contributed by atoms with van der Waals surface area (Å²) in [6, 6.07) is 8.44. The summed E-state index contributed by atoms with van der Waals surface area (Å²) in [6.45, 7) is 8.33. The topological polar surface area (TPSA) is 32.3 Å². The molecule has 1 aromatic carbocycles. The van der Waals surface area contributed by atoms with Gasteiger partial charge >= 0.3 is 0 Å². The molecule has 0 aliphatic carbocycles. The van der Waals surface area contributed by atoms with E-state index in [0.717, 1.165) is 31.5 Å². The molecule has 1 atom stereocenters. The summed E-state index contributed by atoms with van der Waals surface area (Å²) in [4.78, 5) is 14.6. The van der Waals surface area contributed by atoms with Crippen molar-refractivity contribution in [3.8, 4) is 0 Å². The molecule has 110 valence electrons. The number of benzene rings is 1. The summed E-state index contributed by atoms with van der Waals surface area (Å²) < 4.78 is 0. The van der Waals surface area contributed by atoms with Crippen LogP contribution in [-0.2, 0) is 5.41 Å². The summed E-state index contributed by atoms with van der Waals surface area (Å²) >= 11 is 0. The van der Waals surface area contributed by atoms with Gasteiger partial charge in [-0.05, 0) is 43.0 Å². The van der Waals surface area contributed by atoms with Crippen LogP contribution in [0.1, 0.15) is 49.5 Å². The molecule has 1 aromatic rings. The molecule has 20 heavy (non-hydrogen) atoms. The van der Waals surface area contributed by atoms with E-state index in [9.17, 15) is 4.79 Å². The largest absolute Gasteiger partial charge is 0.334 e. The van der Waals surface area contributed by atoms with E-state index < -0.39 is 0 Å². The first-order valence-electron chi connectivity index (χ1n) is 7.49. The van der Waals surface area contributed by atoms with Crippen LogP contribution in [0, 0.1) is 0 Å². The molecular formula is C17H26N2O. The summed E-state index contributed by atoms with van der Waals surface area (Å²) in [5.41, 5.74) is 2.20. The van der Waals surface area contributed by atoms with Gasteiger partial charge in [0, 0.05) is 24.7 Å². The Kier molecular flexibility index (Phi) is 4.48. The molecule has 0 bridgehead atoms. The van der Waals surface area contributed by atoms with Crippen molar-refractivity contribution in [2.24, 2.45) is 0 Å². The number of carbonyl (C=O) groups excluding carboxylic acids is 1. The number of rotatable bonds is 3. The summed E-state index contributed by atoms with van der Waals surface area (Å²) in [7, 11) is 1.94. The van der Waals surface area contributed by atoms with Crippen LogP contribution in [0.2, 0.25) is 0 Å². The van der Waals surface area contributed by atoms with Gasteiger partial charge in [0.2, 0.25) is 0 Å². The lowest BCUT2D eigenvalue weighted by molar-refractivity contribution is 0.0737. The highest BCUT2D eigenvalue weighted by molar-refractivity contribution is 5.94. The molecule has 1 saturated heterocycles. The SMILES string of the molecule is CNCC1CCCN1C(=O)c1ccc(C(C)(C)C)cc1. The fourth-order valence-electron chi connectivity index (χ4n) is 2.83. The van der Waals surface area contributed by atoms with Gasteiger partial charge in [-0.1, -0.05) is 32.9 Å². The third kappa shape index (κ3) is 3.21. The van der Waals surface area contributed by atoms with E-state index >= 15 is 0 Å². The Balaban J connectivity index is 2.13. The number of likely N-dealkylation sites (tertiary alicyclic amines) is 1. The summed E-state index contributed by atoms with van der Waals surface area (Å²) in [5.74, 6) is 0.170. The lowest BCUT2D eigenvalue weighted by Gasteiger charge is -2.25. The van der Waals surface area contributed by atoms with Crippen molar-refractivity contribution in [1.82, 2.24) is 10.2 Å². The lowest BCUT2D eigenvalue weighted by atomic mass is 9.86. The van der Waals surface area contributed by atoms with Crippen molar-refractivity contribution < 1.29 is 4.79 Å². The normalized spacial score (nSPS) is 19.4. The molecule has 1 aliphatic rings. The van der Waals surface area contributed by atoms with Crippen LogP contribution in [0.3, 0.4) is 0 Å². The average molecular weight is 274 g/mol. The van der Waals surface area contributed by atoms with Crippen LogP contribution < -0.4 is 5.32 Å². The summed E-state index contributed by atoms with van der Waals surface area (Å²) in [6.07, 6.45) is 2.21. The maximum absolute atomic E-state index is 12.6. The molecule has 1 aliphatic heterocycles. The van der Waals surface area contributed by atoms with Crippen molar-refractivity contribution in [2.45, 2.75) is 45.1 Å². The second kappa shape index (κ2) is 5.96. The van der Waals surface area contributed by atoms with Crippen LogP contribution in [0.15, 0.2) is 24.3 Å². The van der Waals surface area contributed by atoms with E-state index in [1.165, 1.54) is 5.56 Å². The quantitative estimate of drug-likeness (QED) is 0.919. The second-order valence-electron chi connectivity index (χ2n) is 6.68. The highest BCUT2D eigenvalue weighted by Gasteiger charge is 2.28. The van der Waals surface area contributed by atoms with Crippen molar-refractivity contribution in [1.29, 1.82) is 0 Å². The second-order valence-corrected chi connectivity index (χ2v) is 6.68. The number of nitrogens with zero attached hydrogens (tertiary/aromatic N) is 1. The van der Waals surface area contributed by atoms with Crippen LogP contribution >= 0.6 is 0 Å². The van der Waals surface area contributed by atoms with E-state index in [-0.39, 0.29) is 11.3 Å². The van der Waals surface area contributed by atoms with Crippen LogP contribution in [0.5, 0.6) is 0 Å². The molecule has 0 radical (unpaired) electrons. The molecule has 1 N–H and O–H groups in total.